The standard InChI is InChI=1S/C19H16N2O4/c1-2-25-17-10-6-3-7-13(17)11-14(12-20)18(22)21-16-9-5-4-8-15(16)19(23)24/h3-11H,2H2,1H3,(H,21,22)(H,23,24)/b14-11+. The second kappa shape index (κ2) is 8.31. The predicted molar refractivity (Wildman–Crippen MR) is 93.2 cm³/mol. The van der Waals surface area contributed by atoms with Gasteiger partial charge in [-0.25, -0.2) is 4.79 Å². The third-order valence-electron chi connectivity index (χ3n) is 3.29. The van der Waals surface area contributed by atoms with Crippen LogP contribution in [-0.4, -0.2) is 23.6 Å². The first-order valence-corrected chi connectivity index (χ1v) is 7.54. The van der Waals surface area contributed by atoms with Gasteiger partial charge in [0.25, 0.3) is 5.91 Å². The number of nitrogens with one attached hydrogen (secondary N) is 1. The Morgan fingerprint density at radius 2 is 1.88 bits per heavy atom. The molecule has 0 spiro atoms. The predicted octanol–water partition coefficient (Wildman–Crippen LogP) is 3.33. The van der Waals surface area contributed by atoms with Gasteiger partial charge in [-0.2, -0.15) is 5.26 Å². The van der Waals surface area contributed by atoms with Gasteiger partial charge >= 0.3 is 5.97 Å². The maximum Gasteiger partial charge on any atom is 0.337 e. The summed E-state index contributed by atoms with van der Waals surface area (Å²) in [7, 11) is 0. The molecule has 6 nitrogen and oxygen atoms in total. The van der Waals surface area contributed by atoms with Crippen molar-refractivity contribution in [3.05, 3.63) is 65.2 Å². The number of aromatic carboxylic acids is 1. The molecular formula is C19H16N2O4. The first kappa shape index (κ1) is 17.8. The summed E-state index contributed by atoms with van der Waals surface area (Å²) in [6.45, 7) is 2.28. The van der Waals surface area contributed by atoms with Crippen LogP contribution in [0.25, 0.3) is 6.08 Å². The highest BCUT2D eigenvalue weighted by Gasteiger charge is 2.15. The smallest absolute Gasteiger partial charge is 0.337 e. The molecule has 2 aromatic rings. The van der Waals surface area contributed by atoms with Crippen LogP contribution in [0.2, 0.25) is 0 Å². The van der Waals surface area contributed by atoms with Gasteiger partial charge in [0.05, 0.1) is 17.9 Å². The van der Waals surface area contributed by atoms with Gasteiger partial charge < -0.3 is 15.2 Å². The Kier molecular flexibility index (Phi) is 5.91. The Balaban J connectivity index is 2.32. The van der Waals surface area contributed by atoms with E-state index >= 15 is 0 Å². The Morgan fingerprint density at radius 3 is 2.56 bits per heavy atom. The third kappa shape index (κ3) is 4.45. The number of amides is 1. The lowest BCUT2D eigenvalue weighted by atomic mass is 10.1. The van der Waals surface area contributed by atoms with Gasteiger partial charge in [-0.1, -0.05) is 30.3 Å². The number of hydrogen-bond donors (Lipinski definition) is 2. The zero-order valence-electron chi connectivity index (χ0n) is 13.5. The summed E-state index contributed by atoms with van der Waals surface area (Å²) in [5.41, 5.74) is 0.497. The van der Waals surface area contributed by atoms with E-state index in [2.05, 4.69) is 5.32 Å². The molecule has 6 heteroatoms. The summed E-state index contributed by atoms with van der Waals surface area (Å²) in [4.78, 5) is 23.6. The van der Waals surface area contributed by atoms with Crippen LogP contribution in [0.3, 0.4) is 0 Å². The summed E-state index contributed by atoms with van der Waals surface area (Å²) in [6, 6.07) is 14.8. The first-order valence-electron chi connectivity index (χ1n) is 7.54. The zero-order valence-corrected chi connectivity index (χ0v) is 13.5. The maximum atomic E-state index is 12.4. The van der Waals surface area contributed by atoms with Gasteiger partial charge in [0.1, 0.15) is 17.4 Å². The Hall–Kier alpha value is -3.59. The van der Waals surface area contributed by atoms with E-state index in [0.717, 1.165) is 0 Å². The zero-order chi connectivity index (χ0) is 18.2. The van der Waals surface area contributed by atoms with Crippen molar-refractivity contribution < 1.29 is 19.4 Å². The number of benzene rings is 2. The Labute approximate surface area is 145 Å². The molecule has 2 rings (SSSR count). The third-order valence-corrected chi connectivity index (χ3v) is 3.29. The molecule has 2 N–H and O–H groups in total. The van der Waals surface area contributed by atoms with E-state index in [1.165, 1.54) is 18.2 Å². The molecule has 0 aliphatic heterocycles. The highest BCUT2D eigenvalue weighted by molar-refractivity contribution is 6.11. The van der Waals surface area contributed by atoms with Crippen LogP contribution < -0.4 is 10.1 Å². The minimum atomic E-state index is -1.17. The fraction of sp³-hybridized carbons (Fsp3) is 0.105. The molecule has 0 atom stereocenters. The van der Waals surface area contributed by atoms with Crippen molar-refractivity contribution in [1.82, 2.24) is 0 Å². The second-order valence-electron chi connectivity index (χ2n) is 4.95. The normalized spacial score (nSPS) is 10.6. The molecule has 0 heterocycles. The van der Waals surface area contributed by atoms with E-state index in [4.69, 9.17) is 9.84 Å². The largest absolute Gasteiger partial charge is 0.493 e. The van der Waals surface area contributed by atoms with Gasteiger partial charge in [-0.15, -0.1) is 0 Å². The molecule has 126 valence electrons. The number of rotatable bonds is 6. The van der Waals surface area contributed by atoms with Crippen LogP contribution >= 0.6 is 0 Å². The number of carboxylic acids is 1. The molecule has 2 aromatic carbocycles. The molecule has 0 saturated carbocycles. The van der Waals surface area contributed by atoms with Crippen molar-refractivity contribution in [1.29, 1.82) is 5.26 Å². The Morgan fingerprint density at radius 1 is 1.20 bits per heavy atom. The van der Waals surface area contributed by atoms with E-state index in [9.17, 15) is 14.9 Å². The van der Waals surface area contributed by atoms with Crippen molar-refractivity contribution >= 4 is 23.6 Å². The van der Waals surface area contributed by atoms with Gasteiger partial charge in [-0.05, 0) is 31.2 Å². The van der Waals surface area contributed by atoms with Crippen molar-refractivity contribution in [3.63, 3.8) is 0 Å². The van der Waals surface area contributed by atoms with Crippen molar-refractivity contribution in [3.8, 4) is 11.8 Å². The van der Waals surface area contributed by atoms with Crippen LogP contribution in [0.4, 0.5) is 5.69 Å². The van der Waals surface area contributed by atoms with E-state index in [0.29, 0.717) is 17.9 Å². The number of nitriles is 1. The molecule has 0 bridgehead atoms. The lowest BCUT2D eigenvalue weighted by Gasteiger charge is -2.09. The summed E-state index contributed by atoms with van der Waals surface area (Å²) < 4.78 is 5.47. The highest BCUT2D eigenvalue weighted by Crippen LogP contribution is 2.22. The van der Waals surface area contributed by atoms with Gasteiger partial charge in [0.2, 0.25) is 0 Å². The molecule has 0 aromatic heterocycles. The monoisotopic (exact) mass is 336 g/mol. The maximum absolute atomic E-state index is 12.4. The summed E-state index contributed by atoms with van der Waals surface area (Å²) in [5, 5.41) is 20.9. The number of nitrogens with zero attached hydrogens (tertiary/aromatic N) is 1. The van der Waals surface area contributed by atoms with Gasteiger partial charge in [0, 0.05) is 5.56 Å². The van der Waals surface area contributed by atoms with Crippen LogP contribution in [-0.2, 0) is 4.79 Å². The molecule has 0 unspecified atom stereocenters. The quantitative estimate of drug-likeness (QED) is 0.622. The van der Waals surface area contributed by atoms with E-state index < -0.39 is 11.9 Å². The number of anilines is 1. The Bertz CT molecular complexity index is 866. The fourth-order valence-corrected chi connectivity index (χ4v) is 2.16. The molecule has 0 aliphatic rings. The molecule has 0 radical (unpaired) electrons. The molecule has 0 aliphatic carbocycles. The van der Waals surface area contributed by atoms with Gasteiger partial charge in [0.15, 0.2) is 0 Å². The van der Waals surface area contributed by atoms with Crippen molar-refractivity contribution in [2.24, 2.45) is 0 Å². The van der Waals surface area contributed by atoms with E-state index in [-0.39, 0.29) is 16.8 Å². The number of carbonyl (C=O) groups is 2. The number of carboxylic acid groups (broad SMARTS) is 1. The highest BCUT2D eigenvalue weighted by atomic mass is 16.5. The molecule has 25 heavy (non-hydrogen) atoms. The van der Waals surface area contributed by atoms with Crippen LogP contribution in [0, 0.1) is 11.3 Å². The summed E-state index contributed by atoms with van der Waals surface area (Å²) in [6.07, 6.45) is 1.41. The SMILES string of the molecule is CCOc1ccccc1/C=C(\C#N)C(=O)Nc1ccccc1C(=O)O. The number of hydrogen-bond acceptors (Lipinski definition) is 4. The molecule has 0 fully saturated rings. The fourth-order valence-electron chi connectivity index (χ4n) is 2.16. The topological polar surface area (TPSA) is 99.4 Å². The average molecular weight is 336 g/mol. The van der Waals surface area contributed by atoms with Crippen LogP contribution in [0.15, 0.2) is 54.1 Å². The van der Waals surface area contributed by atoms with Crippen LogP contribution in [0.1, 0.15) is 22.8 Å². The minimum Gasteiger partial charge on any atom is -0.493 e. The average Bonchev–Trinajstić information content (AvgIpc) is 2.61. The number of para-hydroxylation sites is 2. The lowest BCUT2D eigenvalue weighted by molar-refractivity contribution is -0.112. The van der Waals surface area contributed by atoms with Crippen molar-refractivity contribution in [2.45, 2.75) is 6.92 Å². The summed E-state index contributed by atoms with van der Waals surface area (Å²) >= 11 is 0. The summed E-state index contributed by atoms with van der Waals surface area (Å²) in [5.74, 6) is -1.31. The number of ether oxygens (including phenoxy) is 1. The van der Waals surface area contributed by atoms with E-state index in [1.807, 2.05) is 13.0 Å². The van der Waals surface area contributed by atoms with Gasteiger partial charge in [-0.3, -0.25) is 4.79 Å². The second-order valence-corrected chi connectivity index (χ2v) is 4.95. The van der Waals surface area contributed by atoms with E-state index in [1.54, 1.807) is 36.4 Å². The molecule has 0 saturated heterocycles. The minimum absolute atomic E-state index is 0.0529. The molecule has 1 amide bonds. The van der Waals surface area contributed by atoms with Crippen molar-refractivity contribution in [2.75, 3.05) is 11.9 Å². The number of carbonyl (C=O) groups excluding carboxylic acids is 1. The first-order chi connectivity index (χ1) is 12.1. The van der Waals surface area contributed by atoms with Crippen LogP contribution in [0.5, 0.6) is 5.75 Å². The molecular weight excluding hydrogens is 320 g/mol. The lowest BCUT2D eigenvalue weighted by Crippen LogP contribution is -2.16.